The molecule has 0 bridgehead atoms. The lowest BCUT2D eigenvalue weighted by atomic mass is 10.0. The molecule has 3 N–H and O–H groups in total. The number of thiophene rings is 1. The van der Waals surface area contributed by atoms with Crippen molar-refractivity contribution in [1.82, 2.24) is 5.43 Å². The van der Waals surface area contributed by atoms with Crippen LogP contribution in [0, 0.1) is 0 Å². The van der Waals surface area contributed by atoms with Gasteiger partial charge >= 0.3 is 0 Å². The van der Waals surface area contributed by atoms with Crippen LogP contribution in [-0.4, -0.2) is 18.8 Å². The van der Waals surface area contributed by atoms with Crippen LogP contribution in [0.5, 0.6) is 0 Å². The van der Waals surface area contributed by atoms with Crippen molar-refractivity contribution >= 4 is 11.3 Å². The van der Waals surface area contributed by atoms with Crippen LogP contribution in [0.4, 0.5) is 0 Å². The lowest BCUT2D eigenvalue weighted by molar-refractivity contribution is 0.0787. The summed E-state index contributed by atoms with van der Waals surface area (Å²) in [5.74, 6) is 5.54. The average Bonchev–Trinajstić information content (AvgIpc) is 2.86. The number of hydrogen-bond acceptors (Lipinski definition) is 4. The molecule has 4 heteroatoms. The quantitative estimate of drug-likeness (QED) is 0.584. The molecule has 1 aromatic heterocycles. The summed E-state index contributed by atoms with van der Waals surface area (Å²) in [6.07, 6.45) is 3.55. The molecule has 3 nitrogen and oxygen atoms in total. The Morgan fingerprint density at radius 3 is 3.21 bits per heavy atom. The monoisotopic (exact) mass is 212 g/mol. The van der Waals surface area contributed by atoms with Gasteiger partial charge < -0.3 is 4.74 Å². The zero-order valence-electron chi connectivity index (χ0n) is 8.11. The van der Waals surface area contributed by atoms with E-state index < -0.39 is 0 Å². The first-order valence-electron chi connectivity index (χ1n) is 5.00. The topological polar surface area (TPSA) is 47.3 Å². The van der Waals surface area contributed by atoms with Gasteiger partial charge in [-0.3, -0.25) is 11.3 Å². The third-order valence-corrected chi connectivity index (χ3v) is 3.53. The van der Waals surface area contributed by atoms with Crippen LogP contribution < -0.4 is 11.3 Å². The van der Waals surface area contributed by atoms with Gasteiger partial charge in [0.15, 0.2) is 0 Å². The zero-order chi connectivity index (χ0) is 9.80. The molecule has 0 aliphatic carbocycles. The maximum absolute atomic E-state index is 5.62. The predicted molar refractivity (Wildman–Crippen MR) is 58.1 cm³/mol. The summed E-state index contributed by atoms with van der Waals surface area (Å²) < 4.78 is 5.62. The molecule has 1 aromatic rings. The molecule has 2 rings (SSSR count). The van der Waals surface area contributed by atoms with Crippen molar-refractivity contribution in [2.75, 3.05) is 6.61 Å². The molecular formula is C10H16N2OS. The highest BCUT2D eigenvalue weighted by Gasteiger charge is 2.25. The van der Waals surface area contributed by atoms with Crippen molar-refractivity contribution in [3.63, 3.8) is 0 Å². The zero-order valence-corrected chi connectivity index (χ0v) is 8.93. The van der Waals surface area contributed by atoms with Crippen LogP contribution in [0.25, 0.3) is 0 Å². The van der Waals surface area contributed by atoms with E-state index in [1.165, 1.54) is 4.88 Å². The molecule has 2 atom stereocenters. The van der Waals surface area contributed by atoms with E-state index in [4.69, 9.17) is 10.6 Å². The van der Waals surface area contributed by atoms with E-state index in [0.717, 1.165) is 25.9 Å². The second-order valence-electron chi connectivity index (χ2n) is 3.61. The molecule has 2 heterocycles. The molecule has 0 spiro atoms. The van der Waals surface area contributed by atoms with E-state index in [0.29, 0.717) is 6.10 Å². The SMILES string of the molecule is NNC(Cc1cccs1)C1CCCO1. The highest BCUT2D eigenvalue weighted by molar-refractivity contribution is 7.09. The van der Waals surface area contributed by atoms with Crippen LogP contribution in [0.3, 0.4) is 0 Å². The van der Waals surface area contributed by atoms with Crippen LogP contribution in [0.1, 0.15) is 17.7 Å². The normalized spacial score (nSPS) is 23.9. The van der Waals surface area contributed by atoms with E-state index in [9.17, 15) is 0 Å². The van der Waals surface area contributed by atoms with Gasteiger partial charge in [0.1, 0.15) is 0 Å². The molecule has 0 radical (unpaired) electrons. The fourth-order valence-electron chi connectivity index (χ4n) is 1.86. The molecule has 2 unspecified atom stereocenters. The fourth-order valence-corrected chi connectivity index (χ4v) is 2.63. The Bertz CT molecular complexity index is 257. The molecule has 1 aliphatic rings. The minimum atomic E-state index is 0.260. The van der Waals surface area contributed by atoms with Crippen molar-refractivity contribution in [2.24, 2.45) is 5.84 Å². The summed E-state index contributed by atoms with van der Waals surface area (Å²) in [5, 5.41) is 2.10. The van der Waals surface area contributed by atoms with Crippen LogP contribution in [-0.2, 0) is 11.2 Å². The lowest BCUT2D eigenvalue weighted by Crippen LogP contribution is -2.45. The van der Waals surface area contributed by atoms with Gasteiger partial charge in [-0.05, 0) is 24.3 Å². The summed E-state index contributed by atoms with van der Waals surface area (Å²) in [7, 11) is 0. The smallest absolute Gasteiger partial charge is 0.0745 e. The Morgan fingerprint density at radius 2 is 2.64 bits per heavy atom. The maximum atomic E-state index is 5.62. The lowest BCUT2D eigenvalue weighted by Gasteiger charge is -2.21. The van der Waals surface area contributed by atoms with Crippen molar-refractivity contribution in [1.29, 1.82) is 0 Å². The Balaban J connectivity index is 1.92. The molecule has 1 saturated heterocycles. The number of hydrazine groups is 1. The Kier molecular flexibility index (Phi) is 3.53. The second kappa shape index (κ2) is 4.89. The van der Waals surface area contributed by atoms with Crippen molar-refractivity contribution in [2.45, 2.75) is 31.4 Å². The van der Waals surface area contributed by atoms with Gasteiger partial charge in [0.2, 0.25) is 0 Å². The standard InChI is InChI=1S/C10H16N2OS/c11-12-9(10-4-1-5-13-10)7-8-3-2-6-14-8/h2-3,6,9-10,12H,1,4-5,7,11H2. The second-order valence-corrected chi connectivity index (χ2v) is 4.64. The number of hydrogen-bond donors (Lipinski definition) is 2. The molecule has 0 aromatic carbocycles. The molecule has 0 amide bonds. The summed E-state index contributed by atoms with van der Waals surface area (Å²) >= 11 is 1.77. The van der Waals surface area contributed by atoms with Crippen LogP contribution >= 0.6 is 11.3 Å². The predicted octanol–water partition coefficient (Wildman–Crippen LogP) is 1.30. The van der Waals surface area contributed by atoms with E-state index >= 15 is 0 Å². The third kappa shape index (κ3) is 2.33. The molecule has 0 saturated carbocycles. The number of ether oxygens (including phenoxy) is 1. The summed E-state index contributed by atoms with van der Waals surface area (Å²) in [5.41, 5.74) is 2.86. The van der Waals surface area contributed by atoms with Gasteiger partial charge in [0.25, 0.3) is 0 Å². The van der Waals surface area contributed by atoms with Crippen molar-refractivity contribution in [3.8, 4) is 0 Å². The first-order chi connectivity index (χ1) is 6.90. The summed E-state index contributed by atoms with van der Waals surface area (Å²) in [4.78, 5) is 1.36. The maximum Gasteiger partial charge on any atom is 0.0745 e. The van der Waals surface area contributed by atoms with Crippen molar-refractivity contribution in [3.05, 3.63) is 22.4 Å². The van der Waals surface area contributed by atoms with E-state index in [1.54, 1.807) is 11.3 Å². The summed E-state index contributed by atoms with van der Waals surface area (Å²) in [6, 6.07) is 4.48. The average molecular weight is 212 g/mol. The van der Waals surface area contributed by atoms with Gasteiger partial charge in [-0.2, -0.15) is 0 Å². The molecule has 14 heavy (non-hydrogen) atoms. The van der Waals surface area contributed by atoms with E-state index in [1.807, 2.05) is 0 Å². The first kappa shape index (κ1) is 10.1. The highest BCUT2D eigenvalue weighted by Crippen LogP contribution is 2.20. The Morgan fingerprint density at radius 1 is 1.71 bits per heavy atom. The highest BCUT2D eigenvalue weighted by atomic mass is 32.1. The van der Waals surface area contributed by atoms with E-state index in [-0.39, 0.29) is 6.04 Å². The van der Waals surface area contributed by atoms with Crippen LogP contribution in [0.15, 0.2) is 17.5 Å². The Hall–Kier alpha value is -0.420. The molecule has 1 fully saturated rings. The van der Waals surface area contributed by atoms with Gasteiger partial charge in [-0.1, -0.05) is 6.07 Å². The van der Waals surface area contributed by atoms with Gasteiger partial charge in [-0.25, -0.2) is 0 Å². The van der Waals surface area contributed by atoms with Gasteiger partial charge in [-0.15, -0.1) is 11.3 Å². The fraction of sp³-hybridized carbons (Fsp3) is 0.600. The minimum Gasteiger partial charge on any atom is -0.377 e. The summed E-state index contributed by atoms with van der Waals surface area (Å²) in [6.45, 7) is 0.882. The molecule has 1 aliphatic heterocycles. The van der Waals surface area contributed by atoms with Crippen LogP contribution in [0.2, 0.25) is 0 Å². The number of nitrogens with two attached hydrogens (primary N) is 1. The largest absolute Gasteiger partial charge is 0.377 e. The third-order valence-electron chi connectivity index (χ3n) is 2.63. The van der Waals surface area contributed by atoms with E-state index in [2.05, 4.69) is 22.9 Å². The minimum absolute atomic E-state index is 0.260. The molecule has 78 valence electrons. The number of nitrogens with one attached hydrogen (secondary N) is 1. The van der Waals surface area contributed by atoms with Gasteiger partial charge in [0.05, 0.1) is 12.1 Å². The van der Waals surface area contributed by atoms with Gasteiger partial charge in [0, 0.05) is 17.9 Å². The molecular weight excluding hydrogens is 196 g/mol. The first-order valence-corrected chi connectivity index (χ1v) is 5.88. The van der Waals surface area contributed by atoms with Crippen molar-refractivity contribution < 1.29 is 4.74 Å². The number of rotatable bonds is 4. The Labute approximate surface area is 88.2 Å².